The topological polar surface area (TPSA) is 67.7 Å². The van der Waals surface area contributed by atoms with E-state index in [4.69, 9.17) is 0 Å². The van der Waals surface area contributed by atoms with Crippen LogP contribution < -0.4 is 10.6 Å². The molecule has 1 fully saturated rings. The fourth-order valence-electron chi connectivity index (χ4n) is 2.55. The third-order valence-corrected chi connectivity index (χ3v) is 3.63. The van der Waals surface area contributed by atoms with E-state index >= 15 is 0 Å². The minimum absolute atomic E-state index is 0.423. The summed E-state index contributed by atoms with van der Waals surface area (Å²) in [4.78, 5) is 13.1. The number of nitrogens with zero attached hydrogens (tertiary/aromatic N) is 4. The van der Waals surface area contributed by atoms with Gasteiger partial charge in [-0.15, -0.1) is 0 Å². The van der Waals surface area contributed by atoms with Gasteiger partial charge < -0.3 is 15.2 Å². The van der Waals surface area contributed by atoms with E-state index in [9.17, 15) is 0 Å². The van der Waals surface area contributed by atoms with Crippen LogP contribution in [-0.4, -0.2) is 38.7 Å². The van der Waals surface area contributed by atoms with Gasteiger partial charge in [0.2, 0.25) is 0 Å². The van der Waals surface area contributed by atoms with Gasteiger partial charge in [0.25, 0.3) is 0 Å². The van der Waals surface area contributed by atoms with Crippen molar-refractivity contribution < 1.29 is 0 Å². The molecule has 1 saturated heterocycles. The fraction of sp³-hybridized carbons (Fsp3) is 0.615. The van der Waals surface area contributed by atoms with Gasteiger partial charge in [0.15, 0.2) is 11.5 Å². The van der Waals surface area contributed by atoms with E-state index in [0.29, 0.717) is 6.04 Å². The maximum absolute atomic E-state index is 4.43. The number of hydrogen-bond donors (Lipinski definition) is 2. The van der Waals surface area contributed by atoms with Gasteiger partial charge in [0, 0.05) is 19.1 Å². The lowest BCUT2D eigenvalue weighted by atomic mass is 10.1. The van der Waals surface area contributed by atoms with Gasteiger partial charge in [-0.2, -0.15) is 0 Å². The van der Waals surface area contributed by atoms with Crippen LogP contribution in [0.3, 0.4) is 0 Å². The van der Waals surface area contributed by atoms with Crippen LogP contribution in [0.15, 0.2) is 12.7 Å². The van der Waals surface area contributed by atoms with Gasteiger partial charge >= 0.3 is 0 Å². The van der Waals surface area contributed by atoms with Crippen molar-refractivity contribution in [2.24, 2.45) is 0 Å². The molecule has 102 valence electrons. The van der Waals surface area contributed by atoms with Gasteiger partial charge in [0.05, 0.1) is 6.33 Å². The van der Waals surface area contributed by atoms with Crippen LogP contribution in [-0.2, 0) is 6.54 Å². The number of aromatic nitrogens is 4. The molecule has 19 heavy (non-hydrogen) atoms. The molecule has 3 heterocycles. The van der Waals surface area contributed by atoms with Crippen molar-refractivity contribution in [1.29, 1.82) is 0 Å². The molecule has 0 aliphatic carbocycles. The van der Waals surface area contributed by atoms with E-state index in [-0.39, 0.29) is 0 Å². The van der Waals surface area contributed by atoms with Gasteiger partial charge in [-0.25, -0.2) is 15.0 Å². The highest BCUT2D eigenvalue weighted by Crippen LogP contribution is 2.19. The highest BCUT2D eigenvalue weighted by molar-refractivity contribution is 5.82. The number of rotatable bonds is 3. The number of hydrogen-bond acceptors (Lipinski definition) is 5. The van der Waals surface area contributed by atoms with E-state index in [1.54, 1.807) is 6.33 Å². The standard InChI is InChI=1S/C13H20N6/c1-2-19-9-17-11-12(15-8-16-13(11)19)18-10-5-3-4-6-14-7-10/h8-10,14H,2-7H2,1H3,(H,15,16,18)/t10-/m0/s1. The molecule has 1 aliphatic heterocycles. The zero-order valence-corrected chi connectivity index (χ0v) is 11.3. The molecule has 3 rings (SSSR count). The second kappa shape index (κ2) is 5.52. The summed E-state index contributed by atoms with van der Waals surface area (Å²) in [6.45, 7) is 5.06. The molecule has 0 aromatic carbocycles. The predicted molar refractivity (Wildman–Crippen MR) is 75.1 cm³/mol. The van der Waals surface area contributed by atoms with E-state index in [1.165, 1.54) is 19.3 Å². The van der Waals surface area contributed by atoms with Crippen LogP contribution >= 0.6 is 0 Å². The first-order valence-electron chi connectivity index (χ1n) is 7.01. The summed E-state index contributed by atoms with van der Waals surface area (Å²) in [5.41, 5.74) is 1.77. The van der Waals surface area contributed by atoms with Crippen molar-refractivity contribution in [3.05, 3.63) is 12.7 Å². The molecule has 2 aromatic rings. The van der Waals surface area contributed by atoms with Crippen LogP contribution in [0, 0.1) is 0 Å². The van der Waals surface area contributed by atoms with Crippen LogP contribution in [0.4, 0.5) is 5.82 Å². The second-order valence-electron chi connectivity index (χ2n) is 4.97. The molecule has 1 atom stereocenters. The average molecular weight is 260 g/mol. The van der Waals surface area contributed by atoms with Crippen LogP contribution in [0.5, 0.6) is 0 Å². The Bertz CT molecular complexity index is 541. The number of anilines is 1. The Labute approximate surface area is 112 Å². The zero-order valence-electron chi connectivity index (χ0n) is 11.3. The molecule has 6 heteroatoms. The van der Waals surface area contributed by atoms with Gasteiger partial charge in [-0.05, 0) is 26.3 Å². The lowest BCUT2D eigenvalue weighted by Crippen LogP contribution is -2.31. The molecule has 0 unspecified atom stereocenters. The Morgan fingerprint density at radius 2 is 2.32 bits per heavy atom. The van der Waals surface area contributed by atoms with Crippen LogP contribution in [0.1, 0.15) is 26.2 Å². The van der Waals surface area contributed by atoms with Crippen molar-refractivity contribution in [3.8, 4) is 0 Å². The number of aryl methyl sites for hydroxylation is 1. The van der Waals surface area contributed by atoms with Crippen molar-refractivity contribution >= 4 is 17.0 Å². The van der Waals surface area contributed by atoms with E-state index in [1.807, 2.05) is 10.9 Å². The third kappa shape index (κ3) is 2.53. The summed E-state index contributed by atoms with van der Waals surface area (Å²) >= 11 is 0. The van der Waals surface area contributed by atoms with Gasteiger partial charge in [-0.3, -0.25) is 0 Å². The summed E-state index contributed by atoms with van der Waals surface area (Å²) in [6, 6.07) is 0.423. The molecule has 2 N–H and O–H groups in total. The SMILES string of the molecule is CCn1cnc2c(N[C@H]3CCCCNC3)ncnc21. The average Bonchev–Trinajstić information content (AvgIpc) is 2.69. The maximum atomic E-state index is 4.43. The smallest absolute Gasteiger partial charge is 0.165 e. The number of imidazole rings is 1. The first-order chi connectivity index (χ1) is 9.38. The molecule has 6 nitrogen and oxygen atoms in total. The zero-order chi connectivity index (χ0) is 13.1. The predicted octanol–water partition coefficient (Wildman–Crippen LogP) is 1.40. The monoisotopic (exact) mass is 260 g/mol. The first-order valence-corrected chi connectivity index (χ1v) is 7.01. The third-order valence-electron chi connectivity index (χ3n) is 3.63. The molecule has 0 bridgehead atoms. The summed E-state index contributed by atoms with van der Waals surface area (Å²) in [7, 11) is 0. The Balaban J connectivity index is 1.85. The van der Waals surface area contributed by atoms with E-state index < -0.39 is 0 Å². The van der Waals surface area contributed by atoms with E-state index in [2.05, 4.69) is 32.5 Å². The van der Waals surface area contributed by atoms with Crippen molar-refractivity contribution in [3.63, 3.8) is 0 Å². The second-order valence-corrected chi connectivity index (χ2v) is 4.97. The molecular formula is C13H20N6. The molecule has 2 aromatic heterocycles. The summed E-state index contributed by atoms with van der Waals surface area (Å²) in [6.07, 6.45) is 7.12. The lowest BCUT2D eigenvalue weighted by molar-refractivity contribution is 0.634. The summed E-state index contributed by atoms with van der Waals surface area (Å²) < 4.78 is 2.04. The minimum Gasteiger partial charge on any atom is -0.364 e. The maximum Gasteiger partial charge on any atom is 0.165 e. The number of nitrogens with one attached hydrogen (secondary N) is 2. The molecule has 0 amide bonds. The molecule has 0 spiro atoms. The summed E-state index contributed by atoms with van der Waals surface area (Å²) in [5.74, 6) is 0.853. The Morgan fingerprint density at radius 3 is 3.21 bits per heavy atom. The fourth-order valence-corrected chi connectivity index (χ4v) is 2.55. The highest BCUT2D eigenvalue weighted by Gasteiger charge is 2.15. The van der Waals surface area contributed by atoms with E-state index in [0.717, 1.165) is 36.6 Å². The minimum atomic E-state index is 0.423. The number of fused-ring (bicyclic) bond motifs is 1. The van der Waals surface area contributed by atoms with Crippen LogP contribution in [0.25, 0.3) is 11.2 Å². The van der Waals surface area contributed by atoms with Crippen molar-refractivity contribution in [1.82, 2.24) is 24.8 Å². The molecular weight excluding hydrogens is 240 g/mol. The normalized spacial score (nSPS) is 20.4. The Kier molecular flexibility index (Phi) is 3.59. The van der Waals surface area contributed by atoms with Crippen LogP contribution in [0.2, 0.25) is 0 Å². The molecule has 0 radical (unpaired) electrons. The highest BCUT2D eigenvalue weighted by atomic mass is 15.2. The molecule has 1 aliphatic rings. The lowest BCUT2D eigenvalue weighted by Gasteiger charge is -2.16. The summed E-state index contributed by atoms with van der Waals surface area (Å²) in [5, 5.41) is 6.96. The van der Waals surface area contributed by atoms with Crippen molar-refractivity contribution in [2.45, 2.75) is 38.8 Å². The largest absolute Gasteiger partial charge is 0.364 e. The first kappa shape index (κ1) is 12.3. The van der Waals surface area contributed by atoms with Gasteiger partial charge in [0.1, 0.15) is 11.8 Å². The molecule has 0 saturated carbocycles. The van der Waals surface area contributed by atoms with Crippen molar-refractivity contribution in [2.75, 3.05) is 18.4 Å². The Hall–Kier alpha value is -1.69. The Morgan fingerprint density at radius 1 is 1.37 bits per heavy atom. The quantitative estimate of drug-likeness (QED) is 0.873. The van der Waals surface area contributed by atoms with Gasteiger partial charge in [-0.1, -0.05) is 6.42 Å².